The van der Waals surface area contributed by atoms with Crippen molar-refractivity contribution < 1.29 is 9.53 Å². The second-order valence-corrected chi connectivity index (χ2v) is 4.22. The Morgan fingerprint density at radius 1 is 1.60 bits per heavy atom. The number of ether oxygens (including phenoxy) is 1. The first-order valence-electron chi connectivity index (χ1n) is 5.23. The molecule has 0 fully saturated rings. The van der Waals surface area contributed by atoms with Gasteiger partial charge in [0.05, 0.1) is 12.0 Å². The van der Waals surface area contributed by atoms with Gasteiger partial charge in [-0.15, -0.1) is 12.3 Å². The van der Waals surface area contributed by atoms with Gasteiger partial charge < -0.3 is 10.1 Å². The molecule has 15 heavy (non-hydrogen) atoms. The van der Waals surface area contributed by atoms with E-state index < -0.39 is 5.60 Å². The van der Waals surface area contributed by atoms with E-state index in [1.54, 1.807) is 7.11 Å². The summed E-state index contributed by atoms with van der Waals surface area (Å²) in [6, 6.07) is 0.0788. The Bertz CT molecular complexity index is 240. The van der Waals surface area contributed by atoms with Crippen LogP contribution in [0.4, 0.5) is 0 Å². The standard InChI is InChI=1S/C12H21NO2/c1-6-8-10(7-2)13-11(14)9-12(3,4)15-5/h1,10H,7-9H2,2-5H3,(H,13,14). The van der Waals surface area contributed by atoms with Crippen LogP contribution in [0.25, 0.3) is 0 Å². The van der Waals surface area contributed by atoms with E-state index in [9.17, 15) is 4.79 Å². The lowest BCUT2D eigenvalue weighted by Gasteiger charge is -2.23. The quantitative estimate of drug-likeness (QED) is 0.679. The fraction of sp³-hybridized carbons (Fsp3) is 0.750. The molecular weight excluding hydrogens is 190 g/mol. The molecule has 1 amide bonds. The highest BCUT2D eigenvalue weighted by molar-refractivity contribution is 5.77. The Kier molecular flexibility index (Phi) is 6.03. The normalized spacial score (nSPS) is 13.0. The van der Waals surface area contributed by atoms with Gasteiger partial charge >= 0.3 is 0 Å². The molecule has 0 aliphatic carbocycles. The van der Waals surface area contributed by atoms with Gasteiger partial charge in [0.2, 0.25) is 5.91 Å². The van der Waals surface area contributed by atoms with Crippen molar-refractivity contribution in [3.05, 3.63) is 0 Å². The van der Waals surface area contributed by atoms with Gasteiger partial charge in [-0.3, -0.25) is 4.79 Å². The molecule has 0 aliphatic rings. The molecule has 0 bridgehead atoms. The van der Waals surface area contributed by atoms with Crippen LogP contribution in [0.1, 0.15) is 40.0 Å². The lowest BCUT2D eigenvalue weighted by molar-refractivity contribution is -0.126. The molecule has 3 heteroatoms. The van der Waals surface area contributed by atoms with Gasteiger partial charge in [0, 0.05) is 19.6 Å². The maximum Gasteiger partial charge on any atom is 0.223 e. The number of methoxy groups -OCH3 is 1. The summed E-state index contributed by atoms with van der Waals surface area (Å²) in [5.41, 5.74) is -0.418. The van der Waals surface area contributed by atoms with Crippen LogP contribution in [0.5, 0.6) is 0 Å². The summed E-state index contributed by atoms with van der Waals surface area (Å²) in [6.45, 7) is 5.77. The molecular formula is C12H21NO2. The van der Waals surface area contributed by atoms with Gasteiger partial charge in [-0.1, -0.05) is 6.92 Å². The highest BCUT2D eigenvalue weighted by atomic mass is 16.5. The molecule has 0 heterocycles. The van der Waals surface area contributed by atoms with E-state index in [-0.39, 0.29) is 11.9 Å². The van der Waals surface area contributed by atoms with Gasteiger partial charge in [-0.05, 0) is 20.3 Å². The Morgan fingerprint density at radius 3 is 2.60 bits per heavy atom. The minimum absolute atomic E-state index is 0.0102. The van der Waals surface area contributed by atoms with Gasteiger partial charge in [-0.2, -0.15) is 0 Å². The highest BCUT2D eigenvalue weighted by Gasteiger charge is 2.22. The summed E-state index contributed by atoms with van der Waals surface area (Å²) >= 11 is 0. The first-order chi connectivity index (χ1) is 6.95. The van der Waals surface area contributed by atoms with Crippen molar-refractivity contribution in [2.45, 2.75) is 51.7 Å². The van der Waals surface area contributed by atoms with Crippen molar-refractivity contribution in [1.82, 2.24) is 5.32 Å². The molecule has 0 aliphatic heterocycles. The smallest absolute Gasteiger partial charge is 0.223 e. The second-order valence-electron chi connectivity index (χ2n) is 4.22. The molecule has 1 atom stereocenters. The summed E-state index contributed by atoms with van der Waals surface area (Å²) < 4.78 is 5.18. The van der Waals surface area contributed by atoms with E-state index in [4.69, 9.17) is 11.2 Å². The monoisotopic (exact) mass is 211 g/mol. The molecule has 1 unspecified atom stereocenters. The van der Waals surface area contributed by atoms with Crippen molar-refractivity contribution in [2.75, 3.05) is 7.11 Å². The van der Waals surface area contributed by atoms with E-state index >= 15 is 0 Å². The van der Waals surface area contributed by atoms with Crippen molar-refractivity contribution in [3.8, 4) is 12.3 Å². The Balaban J connectivity index is 4.08. The molecule has 86 valence electrons. The molecule has 0 radical (unpaired) electrons. The predicted octanol–water partition coefficient (Wildman–Crippen LogP) is 1.72. The van der Waals surface area contributed by atoms with Crippen LogP contribution >= 0.6 is 0 Å². The number of carbonyl (C=O) groups is 1. The number of hydrogen-bond donors (Lipinski definition) is 1. The topological polar surface area (TPSA) is 38.3 Å². The predicted molar refractivity (Wildman–Crippen MR) is 61.4 cm³/mol. The van der Waals surface area contributed by atoms with Crippen LogP contribution < -0.4 is 5.32 Å². The molecule has 0 aromatic heterocycles. The highest BCUT2D eigenvalue weighted by Crippen LogP contribution is 2.12. The molecule has 0 rings (SSSR count). The molecule has 0 aromatic carbocycles. The van der Waals surface area contributed by atoms with Crippen LogP contribution in [0.3, 0.4) is 0 Å². The zero-order valence-electron chi connectivity index (χ0n) is 10.1. The SMILES string of the molecule is C#CCC(CC)NC(=O)CC(C)(C)OC. The summed E-state index contributed by atoms with van der Waals surface area (Å²) in [4.78, 5) is 11.6. The van der Waals surface area contributed by atoms with Crippen LogP contribution in [-0.2, 0) is 9.53 Å². The third kappa shape index (κ3) is 6.14. The molecule has 1 N–H and O–H groups in total. The van der Waals surface area contributed by atoms with Crippen LogP contribution in [0.15, 0.2) is 0 Å². The van der Waals surface area contributed by atoms with E-state index in [1.807, 2.05) is 20.8 Å². The molecule has 3 nitrogen and oxygen atoms in total. The second kappa shape index (κ2) is 6.47. The molecule has 0 aromatic rings. The van der Waals surface area contributed by atoms with Crippen LogP contribution in [0.2, 0.25) is 0 Å². The van der Waals surface area contributed by atoms with Crippen molar-refractivity contribution in [1.29, 1.82) is 0 Å². The summed E-state index contributed by atoms with van der Waals surface area (Å²) in [5, 5.41) is 2.90. The minimum atomic E-state index is -0.418. The fourth-order valence-corrected chi connectivity index (χ4v) is 1.18. The third-order valence-corrected chi connectivity index (χ3v) is 2.36. The Labute approximate surface area is 92.6 Å². The van der Waals surface area contributed by atoms with E-state index in [0.29, 0.717) is 12.8 Å². The van der Waals surface area contributed by atoms with Crippen molar-refractivity contribution in [2.24, 2.45) is 0 Å². The van der Waals surface area contributed by atoms with Gasteiger partial charge in [0.1, 0.15) is 0 Å². The largest absolute Gasteiger partial charge is 0.378 e. The first-order valence-corrected chi connectivity index (χ1v) is 5.23. The number of terminal acetylenes is 1. The number of rotatable bonds is 6. The fourth-order valence-electron chi connectivity index (χ4n) is 1.18. The summed E-state index contributed by atoms with van der Waals surface area (Å²) in [7, 11) is 1.60. The van der Waals surface area contributed by atoms with Crippen molar-refractivity contribution >= 4 is 5.91 Å². The average Bonchev–Trinajstić information content (AvgIpc) is 2.16. The Hall–Kier alpha value is -1.01. The third-order valence-electron chi connectivity index (χ3n) is 2.36. The summed E-state index contributed by atoms with van der Waals surface area (Å²) in [5.74, 6) is 2.54. The lowest BCUT2D eigenvalue weighted by Crippen LogP contribution is -2.39. The maximum absolute atomic E-state index is 11.6. The zero-order valence-corrected chi connectivity index (χ0v) is 10.1. The van der Waals surface area contributed by atoms with E-state index in [1.165, 1.54) is 0 Å². The molecule has 0 spiro atoms. The van der Waals surface area contributed by atoms with Crippen molar-refractivity contribution in [3.63, 3.8) is 0 Å². The van der Waals surface area contributed by atoms with E-state index in [2.05, 4.69) is 11.2 Å². The minimum Gasteiger partial charge on any atom is -0.378 e. The maximum atomic E-state index is 11.6. The van der Waals surface area contributed by atoms with E-state index in [0.717, 1.165) is 6.42 Å². The average molecular weight is 211 g/mol. The zero-order chi connectivity index (χ0) is 11.9. The van der Waals surface area contributed by atoms with Gasteiger partial charge in [0.15, 0.2) is 0 Å². The number of nitrogens with one attached hydrogen (secondary N) is 1. The number of amides is 1. The van der Waals surface area contributed by atoms with Crippen LogP contribution in [0, 0.1) is 12.3 Å². The number of hydrogen-bond acceptors (Lipinski definition) is 2. The van der Waals surface area contributed by atoms with Gasteiger partial charge in [0.25, 0.3) is 0 Å². The first kappa shape index (κ1) is 14.0. The summed E-state index contributed by atoms with van der Waals surface area (Å²) in [6.07, 6.45) is 6.99. The molecule has 0 saturated heterocycles. The van der Waals surface area contributed by atoms with Gasteiger partial charge in [-0.25, -0.2) is 0 Å². The molecule has 0 saturated carbocycles. The van der Waals surface area contributed by atoms with Crippen LogP contribution in [-0.4, -0.2) is 24.7 Å². The lowest BCUT2D eigenvalue weighted by atomic mass is 10.0. The Morgan fingerprint density at radius 2 is 2.20 bits per heavy atom. The number of carbonyl (C=O) groups excluding carboxylic acids is 1.